The van der Waals surface area contributed by atoms with Crippen molar-refractivity contribution >= 4 is 26.0 Å². The molecule has 12 heteroatoms. The first-order valence-corrected chi connectivity index (χ1v) is 13.3. The molecule has 0 aliphatic carbocycles. The maximum Gasteiger partial charge on any atom is 0.246 e. The number of carbonyl (C=O) groups excluding carboxylic acids is 1. The third-order valence-electron chi connectivity index (χ3n) is 5.65. The second-order valence-electron chi connectivity index (χ2n) is 7.82. The van der Waals surface area contributed by atoms with E-state index in [0.29, 0.717) is 31.9 Å². The summed E-state index contributed by atoms with van der Waals surface area (Å²) in [5.74, 6) is -2.51. The minimum atomic E-state index is -4.23. The summed E-state index contributed by atoms with van der Waals surface area (Å²) in [6, 6.07) is 2.26. The summed E-state index contributed by atoms with van der Waals surface area (Å²) in [5, 5.41) is 0. The molecule has 1 unspecified atom stereocenters. The number of piperazine rings is 1. The minimum Gasteiger partial charge on any atom is -0.340 e. The summed E-state index contributed by atoms with van der Waals surface area (Å²) >= 11 is 0. The molecule has 2 saturated heterocycles. The zero-order chi connectivity index (χ0) is 22.8. The number of benzene rings is 1. The highest BCUT2D eigenvalue weighted by atomic mass is 32.2. The molecule has 2 heterocycles. The van der Waals surface area contributed by atoms with Gasteiger partial charge in [-0.3, -0.25) is 4.79 Å². The Bertz CT molecular complexity index is 1020. The van der Waals surface area contributed by atoms with Crippen molar-refractivity contribution < 1.29 is 30.4 Å². The molecule has 0 N–H and O–H groups in total. The van der Waals surface area contributed by atoms with E-state index in [9.17, 15) is 30.4 Å². The fraction of sp³-hybridized carbons (Fsp3) is 0.632. The molecular weight excluding hydrogens is 452 g/mol. The number of carbonyl (C=O) groups is 1. The maximum absolute atomic E-state index is 14.0. The van der Waals surface area contributed by atoms with Crippen LogP contribution in [-0.4, -0.2) is 81.3 Å². The lowest BCUT2D eigenvalue weighted by molar-refractivity contribution is -0.137. The van der Waals surface area contributed by atoms with Crippen molar-refractivity contribution in [3.05, 3.63) is 29.8 Å². The van der Waals surface area contributed by atoms with Gasteiger partial charge in [0.15, 0.2) is 0 Å². The number of hydrogen-bond acceptors (Lipinski definition) is 5. The molecule has 174 valence electrons. The van der Waals surface area contributed by atoms with Gasteiger partial charge in [0.2, 0.25) is 26.0 Å². The van der Waals surface area contributed by atoms with Gasteiger partial charge in [-0.05, 0) is 37.5 Å². The highest BCUT2D eigenvalue weighted by molar-refractivity contribution is 7.89. The molecule has 2 fully saturated rings. The summed E-state index contributed by atoms with van der Waals surface area (Å²) < 4.78 is 79.9. The number of hydrogen-bond donors (Lipinski definition) is 0. The summed E-state index contributed by atoms with van der Waals surface area (Å²) in [7, 11) is -7.62. The second kappa shape index (κ2) is 9.47. The Morgan fingerprint density at radius 1 is 1.03 bits per heavy atom. The Morgan fingerprint density at radius 2 is 1.71 bits per heavy atom. The zero-order valence-corrected chi connectivity index (χ0v) is 19.0. The summed E-state index contributed by atoms with van der Waals surface area (Å²) in [5.41, 5.74) is 0. The van der Waals surface area contributed by atoms with Crippen LogP contribution in [0.5, 0.6) is 0 Å². The molecule has 0 radical (unpaired) electrons. The molecule has 0 bridgehead atoms. The van der Waals surface area contributed by atoms with Crippen molar-refractivity contribution in [2.75, 3.05) is 45.0 Å². The average Bonchev–Trinajstić information content (AvgIpc) is 2.75. The van der Waals surface area contributed by atoms with Gasteiger partial charge in [0.1, 0.15) is 16.5 Å². The lowest BCUT2D eigenvalue weighted by Crippen LogP contribution is -2.54. The molecule has 1 amide bonds. The maximum atomic E-state index is 14.0. The fourth-order valence-corrected chi connectivity index (χ4v) is 7.09. The number of nitrogens with zero attached hydrogens (tertiary/aromatic N) is 3. The van der Waals surface area contributed by atoms with E-state index in [1.807, 2.05) is 0 Å². The van der Waals surface area contributed by atoms with Crippen LogP contribution in [0.2, 0.25) is 0 Å². The predicted molar refractivity (Wildman–Crippen MR) is 110 cm³/mol. The molecule has 0 aromatic heterocycles. The van der Waals surface area contributed by atoms with E-state index in [1.165, 1.54) is 9.21 Å². The molecule has 2 aliphatic rings. The van der Waals surface area contributed by atoms with Crippen molar-refractivity contribution in [3.63, 3.8) is 0 Å². The molecule has 0 spiro atoms. The van der Waals surface area contributed by atoms with Crippen LogP contribution in [0, 0.1) is 17.6 Å². The van der Waals surface area contributed by atoms with Crippen molar-refractivity contribution in [2.24, 2.45) is 5.92 Å². The Morgan fingerprint density at radius 3 is 2.35 bits per heavy atom. The first-order valence-electron chi connectivity index (χ1n) is 10.3. The first-order chi connectivity index (χ1) is 14.6. The van der Waals surface area contributed by atoms with Gasteiger partial charge >= 0.3 is 0 Å². The van der Waals surface area contributed by atoms with E-state index in [-0.39, 0.29) is 44.4 Å². The van der Waals surface area contributed by atoms with Crippen LogP contribution >= 0.6 is 0 Å². The monoisotopic (exact) mass is 479 g/mol. The van der Waals surface area contributed by atoms with Gasteiger partial charge in [0.25, 0.3) is 0 Å². The Hall–Kier alpha value is -1.63. The van der Waals surface area contributed by atoms with E-state index in [1.54, 1.807) is 6.92 Å². The van der Waals surface area contributed by atoms with Crippen LogP contribution in [0.4, 0.5) is 8.78 Å². The topological polar surface area (TPSA) is 95.1 Å². The number of halogens is 2. The Balaban J connectivity index is 1.64. The van der Waals surface area contributed by atoms with E-state index >= 15 is 0 Å². The molecular formula is C19H27F2N3O5S2. The van der Waals surface area contributed by atoms with Crippen LogP contribution in [0.15, 0.2) is 23.1 Å². The van der Waals surface area contributed by atoms with Gasteiger partial charge < -0.3 is 4.90 Å². The average molecular weight is 480 g/mol. The molecule has 8 nitrogen and oxygen atoms in total. The first kappa shape index (κ1) is 24.0. The lowest BCUT2D eigenvalue weighted by Gasteiger charge is -2.38. The van der Waals surface area contributed by atoms with Gasteiger partial charge in [0, 0.05) is 39.3 Å². The number of rotatable bonds is 6. The Kier molecular flexibility index (Phi) is 7.34. The number of sulfonamides is 2. The van der Waals surface area contributed by atoms with Crippen molar-refractivity contribution in [1.29, 1.82) is 0 Å². The molecule has 1 atom stereocenters. The number of amides is 1. The van der Waals surface area contributed by atoms with Crippen LogP contribution in [0.3, 0.4) is 0 Å². The zero-order valence-electron chi connectivity index (χ0n) is 17.3. The fourth-order valence-electron chi connectivity index (χ4n) is 4.00. The smallest absolute Gasteiger partial charge is 0.246 e. The minimum absolute atomic E-state index is 0.0427. The molecule has 1 aromatic rings. The normalized spacial score (nSPS) is 21.9. The summed E-state index contributed by atoms with van der Waals surface area (Å²) in [6.07, 6.45) is 1.66. The lowest BCUT2D eigenvalue weighted by atomic mass is 9.98. The summed E-state index contributed by atoms with van der Waals surface area (Å²) in [4.78, 5) is 13.7. The SMILES string of the molecule is CCCS(=O)(=O)N1CCCC(C(=O)N2CCN(S(=O)(=O)c3cc(F)ccc3F)CC2)C1. The van der Waals surface area contributed by atoms with Crippen molar-refractivity contribution in [1.82, 2.24) is 13.5 Å². The molecule has 2 aliphatic heterocycles. The predicted octanol–water partition coefficient (Wildman–Crippen LogP) is 1.25. The summed E-state index contributed by atoms with van der Waals surface area (Å²) in [6.45, 7) is 2.43. The van der Waals surface area contributed by atoms with E-state index in [4.69, 9.17) is 0 Å². The van der Waals surface area contributed by atoms with E-state index in [0.717, 1.165) is 16.4 Å². The molecule has 3 rings (SSSR count). The van der Waals surface area contributed by atoms with Gasteiger partial charge in [-0.1, -0.05) is 6.92 Å². The highest BCUT2D eigenvalue weighted by Gasteiger charge is 2.37. The third-order valence-corrected chi connectivity index (χ3v) is 9.61. The van der Waals surface area contributed by atoms with Crippen molar-refractivity contribution in [3.8, 4) is 0 Å². The van der Waals surface area contributed by atoms with Crippen molar-refractivity contribution in [2.45, 2.75) is 31.1 Å². The van der Waals surface area contributed by atoms with E-state index < -0.39 is 42.5 Å². The third kappa shape index (κ3) is 5.24. The highest BCUT2D eigenvalue weighted by Crippen LogP contribution is 2.25. The van der Waals surface area contributed by atoms with Gasteiger partial charge in [-0.2, -0.15) is 4.31 Å². The van der Waals surface area contributed by atoms with E-state index in [2.05, 4.69) is 0 Å². The standard InChI is InChI=1S/C19H27F2N3O5S2/c1-2-12-30(26,27)24-7-3-4-15(14-24)19(25)22-8-10-23(11-9-22)31(28,29)18-13-16(20)5-6-17(18)21/h5-6,13,15H,2-4,7-12,14H2,1H3. The van der Waals surface area contributed by atoms with Gasteiger partial charge in [-0.15, -0.1) is 0 Å². The molecule has 1 aromatic carbocycles. The quantitative estimate of drug-likeness (QED) is 0.612. The van der Waals surface area contributed by atoms with Gasteiger partial charge in [0.05, 0.1) is 11.7 Å². The molecule has 31 heavy (non-hydrogen) atoms. The van der Waals surface area contributed by atoms with Crippen LogP contribution in [0.25, 0.3) is 0 Å². The second-order valence-corrected chi connectivity index (χ2v) is 11.8. The van der Waals surface area contributed by atoms with Crippen LogP contribution in [-0.2, 0) is 24.8 Å². The molecule has 0 saturated carbocycles. The van der Waals surface area contributed by atoms with Crippen LogP contribution in [0.1, 0.15) is 26.2 Å². The largest absolute Gasteiger partial charge is 0.340 e. The van der Waals surface area contributed by atoms with Gasteiger partial charge in [-0.25, -0.2) is 29.9 Å². The van der Waals surface area contributed by atoms with Crippen LogP contribution < -0.4 is 0 Å². The Labute approximate surface area is 181 Å². The number of piperidine rings is 1.